The second-order valence-electron chi connectivity index (χ2n) is 3.85. The molecule has 86 valence electrons. The van der Waals surface area contributed by atoms with E-state index in [1.807, 2.05) is 6.08 Å². The molecular formula is C11H20N2O2. The average molecular weight is 212 g/mol. The number of hydrogen-bond acceptors (Lipinski definition) is 3. The molecule has 0 aliphatic carbocycles. The summed E-state index contributed by atoms with van der Waals surface area (Å²) in [5.74, 6) is -0.318. The Kier molecular flexibility index (Phi) is 5.36. The van der Waals surface area contributed by atoms with Crippen LogP contribution in [-0.2, 0) is 9.53 Å². The predicted octanol–water partition coefficient (Wildman–Crippen LogP) is 0.530. The molecule has 1 aliphatic heterocycles. The third-order valence-electron chi connectivity index (χ3n) is 2.62. The number of allylic oxidation sites excluding steroid dienone is 1. The monoisotopic (exact) mass is 212 g/mol. The van der Waals surface area contributed by atoms with Gasteiger partial charge in [-0.25, -0.2) is 0 Å². The van der Waals surface area contributed by atoms with Gasteiger partial charge in [0, 0.05) is 18.7 Å². The van der Waals surface area contributed by atoms with Crippen LogP contribution in [0, 0.1) is 0 Å². The first-order valence-corrected chi connectivity index (χ1v) is 5.47. The van der Waals surface area contributed by atoms with Crippen LogP contribution in [0.15, 0.2) is 11.6 Å². The molecule has 1 heterocycles. The Morgan fingerprint density at radius 1 is 1.47 bits per heavy atom. The summed E-state index contributed by atoms with van der Waals surface area (Å²) >= 11 is 0. The molecule has 0 unspecified atom stereocenters. The Bertz CT molecular complexity index is 233. The summed E-state index contributed by atoms with van der Waals surface area (Å²) < 4.78 is 5.26. The van der Waals surface area contributed by atoms with E-state index in [9.17, 15) is 4.79 Å². The number of nitrogens with two attached hydrogens (primary N) is 1. The second kappa shape index (κ2) is 6.58. The third-order valence-corrected chi connectivity index (χ3v) is 2.62. The quantitative estimate of drug-likeness (QED) is 0.534. The molecule has 0 saturated carbocycles. The minimum absolute atomic E-state index is 0.318. The maximum absolute atomic E-state index is 10.7. The van der Waals surface area contributed by atoms with Crippen LogP contribution >= 0.6 is 0 Å². The fourth-order valence-electron chi connectivity index (χ4n) is 1.56. The van der Waals surface area contributed by atoms with Gasteiger partial charge in [-0.1, -0.05) is 6.08 Å². The van der Waals surface area contributed by atoms with Crippen molar-refractivity contribution in [1.82, 2.24) is 4.90 Å². The van der Waals surface area contributed by atoms with E-state index in [4.69, 9.17) is 10.5 Å². The molecule has 0 aromatic rings. The summed E-state index contributed by atoms with van der Waals surface area (Å²) in [5.41, 5.74) is 5.79. The van der Waals surface area contributed by atoms with E-state index in [1.165, 1.54) is 0 Å². The van der Waals surface area contributed by atoms with Crippen molar-refractivity contribution < 1.29 is 9.53 Å². The maximum Gasteiger partial charge on any atom is 0.244 e. The fourth-order valence-corrected chi connectivity index (χ4v) is 1.56. The summed E-state index contributed by atoms with van der Waals surface area (Å²) in [6.07, 6.45) is 3.92. The first-order valence-electron chi connectivity index (χ1n) is 5.47. The van der Waals surface area contributed by atoms with Gasteiger partial charge in [0.2, 0.25) is 5.91 Å². The van der Waals surface area contributed by atoms with E-state index >= 15 is 0 Å². The van der Waals surface area contributed by atoms with Crippen LogP contribution in [-0.4, -0.2) is 43.7 Å². The third kappa shape index (κ3) is 4.95. The van der Waals surface area contributed by atoms with Gasteiger partial charge in [0.15, 0.2) is 0 Å². The summed E-state index contributed by atoms with van der Waals surface area (Å²) in [4.78, 5) is 13.1. The molecular weight excluding hydrogens is 192 g/mol. The minimum Gasteiger partial charge on any atom is -0.379 e. The number of carbonyl (C=O) groups excluding carboxylic acids is 1. The van der Waals surface area contributed by atoms with Crippen molar-refractivity contribution in [3.8, 4) is 0 Å². The van der Waals surface area contributed by atoms with E-state index in [0.717, 1.165) is 45.7 Å². The zero-order valence-corrected chi connectivity index (χ0v) is 9.37. The van der Waals surface area contributed by atoms with Crippen molar-refractivity contribution in [1.29, 1.82) is 0 Å². The van der Waals surface area contributed by atoms with Crippen molar-refractivity contribution in [3.05, 3.63) is 11.6 Å². The van der Waals surface area contributed by atoms with Gasteiger partial charge in [0.25, 0.3) is 0 Å². The molecule has 4 heteroatoms. The van der Waals surface area contributed by atoms with Crippen LogP contribution in [0.1, 0.15) is 19.8 Å². The summed E-state index contributed by atoms with van der Waals surface area (Å²) in [7, 11) is 0. The molecule has 1 rings (SSSR count). The van der Waals surface area contributed by atoms with Crippen molar-refractivity contribution in [2.45, 2.75) is 19.8 Å². The fraction of sp³-hybridized carbons (Fsp3) is 0.727. The van der Waals surface area contributed by atoms with Gasteiger partial charge in [-0.3, -0.25) is 9.69 Å². The number of nitrogens with zero attached hydrogens (tertiary/aromatic N) is 1. The maximum atomic E-state index is 10.7. The molecule has 1 saturated heterocycles. The van der Waals surface area contributed by atoms with Crippen molar-refractivity contribution in [2.24, 2.45) is 5.73 Å². The lowest BCUT2D eigenvalue weighted by molar-refractivity contribution is -0.114. The van der Waals surface area contributed by atoms with E-state index in [1.54, 1.807) is 6.92 Å². The highest BCUT2D eigenvalue weighted by atomic mass is 16.5. The van der Waals surface area contributed by atoms with Gasteiger partial charge in [-0.15, -0.1) is 0 Å². The Hall–Kier alpha value is -0.870. The topological polar surface area (TPSA) is 55.6 Å². The van der Waals surface area contributed by atoms with Crippen molar-refractivity contribution >= 4 is 5.91 Å². The zero-order chi connectivity index (χ0) is 11.1. The van der Waals surface area contributed by atoms with E-state index in [2.05, 4.69) is 4.90 Å². The molecule has 0 bridgehead atoms. The molecule has 0 atom stereocenters. The Balaban J connectivity index is 2.10. The zero-order valence-electron chi connectivity index (χ0n) is 9.37. The highest BCUT2D eigenvalue weighted by Gasteiger charge is 2.08. The second-order valence-corrected chi connectivity index (χ2v) is 3.85. The molecule has 0 spiro atoms. The Labute approximate surface area is 91.1 Å². The normalized spacial score (nSPS) is 19.1. The SMILES string of the molecule is CC(=CCCCN1CCOCC1)C(N)=O. The first-order chi connectivity index (χ1) is 7.20. The van der Waals surface area contributed by atoms with Crippen molar-refractivity contribution in [2.75, 3.05) is 32.8 Å². The smallest absolute Gasteiger partial charge is 0.244 e. The predicted molar refractivity (Wildman–Crippen MR) is 59.4 cm³/mol. The molecule has 1 fully saturated rings. The number of rotatable bonds is 5. The van der Waals surface area contributed by atoms with Gasteiger partial charge in [-0.05, 0) is 26.3 Å². The number of ether oxygens (including phenoxy) is 1. The van der Waals surface area contributed by atoms with Gasteiger partial charge in [0.05, 0.1) is 13.2 Å². The van der Waals surface area contributed by atoms with Crippen LogP contribution < -0.4 is 5.73 Å². The van der Waals surface area contributed by atoms with Crippen LogP contribution in [0.3, 0.4) is 0 Å². The molecule has 0 aromatic carbocycles. The van der Waals surface area contributed by atoms with Gasteiger partial charge >= 0.3 is 0 Å². The summed E-state index contributed by atoms with van der Waals surface area (Å²) in [6, 6.07) is 0. The van der Waals surface area contributed by atoms with E-state index < -0.39 is 0 Å². The van der Waals surface area contributed by atoms with Crippen LogP contribution in [0.4, 0.5) is 0 Å². The molecule has 4 nitrogen and oxygen atoms in total. The average Bonchev–Trinajstić information content (AvgIpc) is 2.25. The summed E-state index contributed by atoms with van der Waals surface area (Å²) in [5, 5.41) is 0. The molecule has 2 N–H and O–H groups in total. The van der Waals surface area contributed by atoms with Crippen molar-refractivity contribution in [3.63, 3.8) is 0 Å². The minimum atomic E-state index is -0.318. The Morgan fingerprint density at radius 3 is 2.73 bits per heavy atom. The first kappa shape index (κ1) is 12.2. The number of unbranched alkanes of at least 4 members (excludes halogenated alkanes) is 1. The number of hydrogen-bond donors (Lipinski definition) is 1. The molecule has 1 aliphatic rings. The Morgan fingerprint density at radius 2 is 2.13 bits per heavy atom. The molecule has 0 radical (unpaired) electrons. The van der Waals surface area contributed by atoms with E-state index in [-0.39, 0.29) is 5.91 Å². The standard InChI is InChI=1S/C11H20N2O2/c1-10(11(12)14)4-2-3-5-13-6-8-15-9-7-13/h4H,2-3,5-9H2,1H3,(H2,12,14). The molecule has 1 amide bonds. The van der Waals surface area contributed by atoms with E-state index in [0.29, 0.717) is 5.57 Å². The van der Waals surface area contributed by atoms with Gasteiger partial charge in [0.1, 0.15) is 0 Å². The van der Waals surface area contributed by atoms with Crippen LogP contribution in [0.2, 0.25) is 0 Å². The lowest BCUT2D eigenvalue weighted by atomic mass is 10.2. The lowest BCUT2D eigenvalue weighted by Gasteiger charge is -2.26. The number of amides is 1. The summed E-state index contributed by atoms with van der Waals surface area (Å²) in [6.45, 7) is 6.58. The van der Waals surface area contributed by atoms with Gasteiger partial charge in [-0.2, -0.15) is 0 Å². The highest BCUT2D eigenvalue weighted by molar-refractivity contribution is 5.91. The van der Waals surface area contributed by atoms with Crippen LogP contribution in [0.25, 0.3) is 0 Å². The lowest BCUT2D eigenvalue weighted by Crippen LogP contribution is -2.36. The number of morpholine rings is 1. The highest BCUT2D eigenvalue weighted by Crippen LogP contribution is 2.02. The molecule has 15 heavy (non-hydrogen) atoms. The number of primary amides is 1. The largest absolute Gasteiger partial charge is 0.379 e. The number of carbonyl (C=O) groups is 1. The van der Waals surface area contributed by atoms with Crippen LogP contribution in [0.5, 0.6) is 0 Å². The van der Waals surface area contributed by atoms with Gasteiger partial charge < -0.3 is 10.5 Å². The molecule has 0 aromatic heterocycles.